The average molecular weight is 544 g/mol. The van der Waals surface area contributed by atoms with Crippen LogP contribution in [0, 0.1) is 0 Å². The van der Waals surface area contributed by atoms with Gasteiger partial charge < -0.3 is 23.8 Å². The quantitative estimate of drug-likeness (QED) is 0.324. The monoisotopic (exact) mass is 543 g/mol. The number of halogens is 2. The van der Waals surface area contributed by atoms with Gasteiger partial charge in [-0.1, -0.05) is 23.2 Å². The van der Waals surface area contributed by atoms with Crippen molar-refractivity contribution in [3.8, 4) is 17.2 Å². The molecule has 0 radical (unpaired) electrons. The van der Waals surface area contributed by atoms with Crippen LogP contribution in [-0.2, 0) is 11.2 Å². The normalized spacial score (nSPS) is 14.5. The number of fused-ring (bicyclic) bond motifs is 1. The van der Waals surface area contributed by atoms with Crippen LogP contribution in [0.1, 0.15) is 44.8 Å². The van der Waals surface area contributed by atoms with E-state index in [1.165, 1.54) is 0 Å². The topological polar surface area (TPSA) is 74.3 Å². The van der Waals surface area contributed by atoms with E-state index in [0.717, 1.165) is 11.1 Å². The number of hydrogen-bond donors (Lipinski definition) is 0. The van der Waals surface area contributed by atoms with Crippen molar-refractivity contribution in [2.24, 2.45) is 0 Å². The summed E-state index contributed by atoms with van der Waals surface area (Å²) in [7, 11) is 3.16. The number of carbonyl (C=O) groups excluding carboxylic acids is 2. The molecule has 1 heterocycles. The van der Waals surface area contributed by atoms with Crippen molar-refractivity contribution < 1.29 is 28.5 Å². The van der Waals surface area contributed by atoms with Crippen molar-refractivity contribution in [2.45, 2.75) is 19.4 Å². The number of methoxy groups -OCH3 is 2. The maximum atomic E-state index is 13.7. The lowest BCUT2D eigenvalue weighted by atomic mass is 9.91. The molecule has 3 aromatic rings. The Morgan fingerprint density at radius 1 is 0.973 bits per heavy atom. The van der Waals surface area contributed by atoms with Gasteiger partial charge in [-0.05, 0) is 79.1 Å². The molecule has 0 spiro atoms. The highest BCUT2D eigenvalue weighted by atomic mass is 35.5. The molecular weight excluding hydrogens is 517 g/mol. The Balaban J connectivity index is 1.66. The predicted molar refractivity (Wildman–Crippen MR) is 141 cm³/mol. The van der Waals surface area contributed by atoms with Crippen molar-refractivity contribution in [2.75, 3.05) is 34.0 Å². The van der Waals surface area contributed by atoms with E-state index in [1.807, 2.05) is 12.1 Å². The van der Waals surface area contributed by atoms with Crippen LogP contribution in [0.3, 0.4) is 0 Å². The fourth-order valence-electron chi connectivity index (χ4n) is 4.35. The van der Waals surface area contributed by atoms with E-state index in [-0.39, 0.29) is 17.5 Å². The molecule has 7 nitrogen and oxygen atoms in total. The number of rotatable bonds is 8. The molecule has 194 valence electrons. The molecule has 0 N–H and O–H groups in total. The lowest BCUT2D eigenvalue weighted by Gasteiger charge is -2.38. The fourth-order valence-corrected chi connectivity index (χ4v) is 4.83. The molecule has 1 aliphatic heterocycles. The zero-order valence-electron chi connectivity index (χ0n) is 20.8. The van der Waals surface area contributed by atoms with Crippen LogP contribution < -0.4 is 14.2 Å². The number of nitrogens with zero attached hydrogens (tertiary/aromatic N) is 1. The zero-order valence-corrected chi connectivity index (χ0v) is 22.3. The first kappa shape index (κ1) is 26.6. The number of hydrogen-bond acceptors (Lipinski definition) is 6. The van der Waals surface area contributed by atoms with Gasteiger partial charge in [0.2, 0.25) is 0 Å². The smallest absolute Gasteiger partial charge is 0.338 e. The molecule has 9 heteroatoms. The second kappa shape index (κ2) is 11.8. The van der Waals surface area contributed by atoms with Gasteiger partial charge in [-0.3, -0.25) is 4.79 Å². The highest BCUT2D eigenvalue weighted by Crippen LogP contribution is 2.39. The van der Waals surface area contributed by atoms with Crippen LogP contribution in [0.2, 0.25) is 10.0 Å². The Kier molecular flexibility index (Phi) is 8.46. The third-order valence-corrected chi connectivity index (χ3v) is 6.75. The number of carbonyl (C=O) groups is 2. The number of ether oxygens (including phenoxy) is 4. The van der Waals surface area contributed by atoms with E-state index >= 15 is 0 Å². The summed E-state index contributed by atoms with van der Waals surface area (Å²) in [5, 5.41) is 0.735. The van der Waals surface area contributed by atoms with Crippen LogP contribution in [0.15, 0.2) is 54.6 Å². The first-order valence-corrected chi connectivity index (χ1v) is 12.5. The van der Waals surface area contributed by atoms with E-state index in [0.29, 0.717) is 53.0 Å². The Morgan fingerprint density at radius 3 is 2.32 bits per heavy atom. The Bertz CT molecular complexity index is 1290. The van der Waals surface area contributed by atoms with Gasteiger partial charge in [0, 0.05) is 11.6 Å². The van der Waals surface area contributed by atoms with E-state index in [2.05, 4.69) is 0 Å². The summed E-state index contributed by atoms with van der Waals surface area (Å²) in [6.45, 7) is 2.68. The Hall–Kier alpha value is -3.42. The summed E-state index contributed by atoms with van der Waals surface area (Å²) >= 11 is 12.4. The van der Waals surface area contributed by atoms with Gasteiger partial charge in [0.15, 0.2) is 11.5 Å². The highest BCUT2D eigenvalue weighted by molar-refractivity contribution is 6.36. The molecule has 0 bridgehead atoms. The number of benzene rings is 3. The Labute approximate surface area is 225 Å². The minimum atomic E-state index is -0.437. The van der Waals surface area contributed by atoms with Gasteiger partial charge in [0.05, 0.1) is 43.0 Å². The zero-order chi connectivity index (χ0) is 26.5. The molecular formula is C28H27Cl2NO6. The summed E-state index contributed by atoms with van der Waals surface area (Å²) < 4.78 is 22.2. The van der Waals surface area contributed by atoms with Crippen LogP contribution >= 0.6 is 23.2 Å². The second-order valence-electron chi connectivity index (χ2n) is 8.35. The SMILES string of the molecule is CCOC(=O)c1ccc(OCC2c3cc(OC)c(OC)cc3CCN2C(=O)c2ccc(Cl)cc2Cl)cc1. The second-order valence-corrected chi connectivity index (χ2v) is 9.19. The van der Waals surface area contributed by atoms with E-state index in [9.17, 15) is 9.59 Å². The lowest BCUT2D eigenvalue weighted by Crippen LogP contribution is -2.42. The van der Waals surface area contributed by atoms with Gasteiger partial charge >= 0.3 is 5.97 Å². The van der Waals surface area contributed by atoms with Gasteiger partial charge in [-0.25, -0.2) is 4.79 Å². The summed E-state index contributed by atoms with van der Waals surface area (Å²) in [4.78, 5) is 27.4. The number of esters is 1. The van der Waals surface area contributed by atoms with Crippen molar-refractivity contribution >= 4 is 35.1 Å². The summed E-state index contributed by atoms with van der Waals surface area (Å²) in [6, 6.07) is 14.9. The largest absolute Gasteiger partial charge is 0.493 e. The van der Waals surface area contributed by atoms with Crippen LogP contribution in [0.25, 0.3) is 0 Å². The van der Waals surface area contributed by atoms with E-state index in [4.69, 9.17) is 42.1 Å². The maximum Gasteiger partial charge on any atom is 0.338 e. The molecule has 0 aliphatic carbocycles. The molecule has 0 saturated carbocycles. The van der Waals surface area contributed by atoms with Crippen LogP contribution in [-0.4, -0.2) is 50.8 Å². The van der Waals surface area contributed by atoms with Crippen molar-refractivity contribution in [1.82, 2.24) is 4.90 Å². The molecule has 3 aromatic carbocycles. The summed E-state index contributed by atoms with van der Waals surface area (Å²) in [5.41, 5.74) is 2.72. The first-order chi connectivity index (χ1) is 17.9. The minimum absolute atomic E-state index is 0.165. The molecule has 37 heavy (non-hydrogen) atoms. The maximum absolute atomic E-state index is 13.7. The van der Waals surface area contributed by atoms with E-state index < -0.39 is 12.0 Å². The minimum Gasteiger partial charge on any atom is -0.493 e. The van der Waals surface area contributed by atoms with E-state index in [1.54, 1.807) is 68.5 Å². The fraction of sp³-hybridized carbons (Fsp3) is 0.286. The third-order valence-electron chi connectivity index (χ3n) is 6.20. The van der Waals surface area contributed by atoms with Crippen LogP contribution in [0.4, 0.5) is 0 Å². The van der Waals surface area contributed by atoms with Crippen molar-refractivity contribution in [1.29, 1.82) is 0 Å². The van der Waals surface area contributed by atoms with Crippen molar-refractivity contribution in [3.05, 3.63) is 86.9 Å². The molecule has 1 atom stereocenters. The predicted octanol–water partition coefficient (Wildman–Crippen LogP) is 6.01. The molecule has 4 rings (SSSR count). The van der Waals surface area contributed by atoms with Gasteiger partial charge in [0.1, 0.15) is 12.4 Å². The number of amides is 1. The molecule has 1 amide bonds. The molecule has 0 aromatic heterocycles. The van der Waals surface area contributed by atoms with Gasteiger partial charge in [-0.15, -0.1) is 0 Å². The average Bonchev–Trinajstić information content (AvgIpc) is 2.90. The van der Waals surface area contributed by atoms with Gasteiger partial charge in [0.25, 0.3) is 5.91 Å². The highest BCUT2D eigenvalue weighted by Gasteiger charge is 2.34. The van der Waals surface area contributed by atoms with Gasteiger partial charge in [-0.2, -0.15) is 0 Å². The standard InChI is InChI=1S/C28H27Cl2NO6/c1-4-36-28(33)17-5-8-20(9-6-17)37-16-24-22-15-26(35-3)25(34-2)13-18(22)11-12-31(24)27(32)21-10-7-19(29)14-23(21)30/h5-10,13-15,24H,4,11-12,16H2,1-3H3. The Morgan fingerprint density at radius 2 is 1.68 bits per heavy atom. The first-order valence-electron chi connectivity index (χ1n) is 11.8. The molecule has 0 fully saturated rings. The lowest BCUT2D eigenvalue weighted by molar-refractivity contribution is 0.0524. The molecule has 1 aliphatic rings. The summed E-state index contributed by atoms with van der Waals surface area (Å²) in [5.74, 6) is 1.11. The summed E-state index contributed by atoms with van der Waals surface area (Å²) in [6.07, 6.45) is 0.622. The third kappa shape index (κ3) is 5.78. The molecule has 0 saturated heterocycles. The molecule has 1 unspecified atom stereocenters. The van der Waals surface area contributed by atoms with Crippen LogP contribution in [0.5, 0.6) is 17.2 Å². The van der Waals surface area contributed by atoms with Crippen molar-refractivity contribution in [3.63, 3.8) is 0 Å².